The molecule has 0 saturated carbocycles. The van der Waals surface area contributed by atoms with E-state index in [1.807, 2.05) is 0 Å². The molecule has 0 N–H and O–H groups in total. The number of rotatable bonds is 42. The molecule has 0 aliphatic carbocycles. The molecule has 21 heterocycles. The second-order valence-electron chi connectivity index (χ2n) is 27.1. The molecule has 35 nitrogen and oxygen atoms in total. The monoisotopic (exact) mass is 1610 g/mol. The summed E-state index contributed by atoms with van der Waals surface area (Å²) in [6.45, 7) is 27.3. The van der Waals surface area contributed by atoms with Gasteiger partial charge >= 0.3 is 0 Å². The third-order valence-electron chi connectivity index (χ3n) is 20.6. The van der Waals surface area contributed by atoms with Crippen LogP contribution in [0.1, 0.15) is 0 Å². The van der Waals surface area contributed by atoms with Gasteiger partial charge in [-0.1, -0.05) is 42.5 Å². The van der Waals surface area contributed by atoms with E-state index in [-0.39, 0.29) is 92.5 Å². The lowest BCUT2D eigenvalue weighted by molar-refractivity contribution is -0.403. The molecule has 21 rings (SSSR count). The molecular weight excluding hydrogens is 1480 g/mol. The van der Waals surface area contributed by atoms with Gasteiger partial charge in [-0.05, 0) is 0 Å². The normalized spacial score (nSPS) is 41.5. The average molecular weight is 1610 g/mol. The zero-order chi connectivity index (χ0) is 80.8. The summed E-state index contributed by atoms with van der Waals surface area (Å²) in [6.07, 6.45) is -27.5. The molecular formula is C77H126O35. The molecule has 21 saturated heterocycles. The largest absolute Gasteiger partial charge is 0.376 e. The van der Waals surface area contributed by atoms with Gasteiger partial charge in [0.25, 0.3) is 0 Å². The molecule has 21 aliphatic heterocycles. The van der Waals surface area contributed by atoms with Gasteiger partial charge in [-0.2, -0.15) is 0 Å². The second kappa shape index (κ2) is 49.4. The van der Waals surface area contributed by atoms with Gasteiger partial charge in [-0.3, -0.25) is 0 Å². The van der Waals surface area contributed by atoms with E-state index in [0.717, 1.165) is 0 Å². The van der Waals surface area contributed by atoms with Gasteiger partial charge in [-0.15, -0.1) is 46.1 Å². The Bertz CT molecular complexity index is 2200. The topological polar surface area (TPSA) is 323 Å². The van der Waals surface area contributed by atoms with Crippen molar-refractivity contribution in [3.8, 4) is 0 Å². The lowest BCUT2D eigenvalue weighted by Gasteiger charge is -2.52. The van der Waals surface area contributed by atoms with E-state index in [0.29, 0.717) is 0 Å². The van der Waals surface area contributed by atoms with Crippen LogP contribution in [-0.4, -0.2) is 407 Å². The van der Waals surface area contributed by atoms with E-state index in [4.69, 9.17) is 166 Å². The Hall–Kier alpha value is -3.22. The van der Waals surface area contributed by atoms with E-state index in [1.165, 1.54) is 99.5 Å². The van der Waals surface area contributed by atoms with Crippen molar-refractivity contribution in [1.29, 1.82) is 0 Å². The minimum absolute atomic E-state index is 0.109. The Morgan fingerprint density at radius 1 is 0.170 bits per heavy atom. The van der Waals surface area contributed by atoms with E-state index in [2.05, 4.69) is 46.1 Å². The molecule has 35 atom stereocenters. The highest BCUT2D eigenvalue weighted by Gasteiger charge is 2.62. The van der Waals surface area contributed by atoms with Crippen molar-refractivity contribution in [3.05, 3.63) is 88.6 Å². The first-order valence-corrected chi connectivity index (χ1v) is 37.6. The average Bonchev–Trinajstić information content (AvgIpc) is 0.767. The van der Waals surface area contributed by atoms with Crippen LogP contribution in [0.5, 0.6) is 0 Å². The van der Waals surface area contributed by atoms with Crippen molar-refractivity contribution >= 4 is 0 Å². The van der Waals surface area contributed by atoms with Crippen molar-refractivity contribution in [1.82, 2.24) is 0 Å². The third-order valence-corrected chi connectivity index (χ3v) is 20.6. The highest BCUT2D eigenvalue weighted by atomic mass is 16.8. The Morgan fingerprint density at radius 2 is 0.277 bits per heavy atom. The van der Waals surface area contributed by atoms with Crippen LogP contribution >= 0.6 is 0 Å². The van der Waals surface area contributed by atoms with E-state index in [1.54, 1.807) is 42.5 Å². The van der Waals surface area contributed by atoms with E-state index >= 15 is 0 Å². The van der Waals surface area contributed by atoms with Crippen LogP contribution in [0.2, 0.25) is 0 Å². The summed E-state index contributed by atoms with van der Waals surface area (Å²) in [4.78, 5) is 0. The van der Waals surface area contributed by atoms with Crippen LogP contribution in [0.3, 0.4) is 0 Å². The van der Waals surface area contributed by atoms with Crippen molar-refractivity contribution in [2.75, 3.05) is 192 Å². The molecule has 0 aromatic heterocycles. The number of methoxy groups -OCH3 is 14. The maximum Gasteiger partial charge on any atom is 0.187 e. The zero-order valence-corrected chi connectivity index (χ0v) is 67.4. The van der Waals surface area contributed by atoms with Crippen molar-refractivity contribution in [2.45, 2.75) is 215 Å². The fourth-order valence-corrected chi connectivity index (χ4v) is 15.6. The lowest BCUT2D eigenvalue weighted by Crippen LogP contribution is -2.69. The first-order valence-electron chi connectivity index (χ1n) is 37.6. The van der Waals surface area contributed by atoms with Gasteiger partial charge in [-0.25, -0.2) is 0 Å². The highest BCUT2D eigenvalue weighted by Crippen LogP contribution is 2.43. The summed E-state index contributed by atoms with van der Waals surface area (Å²) in [6, 6.07) is 0. The van der Waals surface area contributed by atoms with E-state index < -0.39 is 215 Å². The van der Waals surface area contributed by atoms with Crippen LogP contribution in [0, 0.1) is 0 Å². The lowest BCUT2D eigenvalue weighted by atomic mass is 9.94. The van der Waals surface area contributed by atoms with Gasteiger partial charge < -0.3 is 166 Å². The number of hydrogen-bond acceptors (Lipinski definition) is 35. The maximum atomic E-state index is 7.18. The van der Waals surface area contributed by atoms with Crippen LogP contribution in [-0.2, 0) is 166 Å². The Labute approximate surface area is 659 Å². The summed E-state index contributed by atoms with van der Waals surface area (Å²) in [5, 5.41) is 0. The van der Waals surface area contributed by atoms with Gasteiger partial charge in [0.1, 0.15) is 171 Å². The standard InChI is InChI=1S/C77H126O35/c1-22-29-92-36-43-50-57(78-8)64(85-15)71(99-43)107-51-44(37-93-30-23-2)101-73(66(87-17)58(51)79-9)109-53-46(39-95-32-25-4)103-75(68(89-19)60(53)81-11)111-55-48(41-97-34-27-6)105-77(70(91-21)62(55)83-13)112-56-49(42-98-35-28-7)104-76(69(90-20)63(56)84-14)110-54-47(40-96-33-26-5)102-74(67(88-18)61(54)82-12)108-52-45(38-94-31-24-3)100-72(106-50)65(86-16)59(52)80-10/h22-28,43-77H,1-7,29-42H2,8-21H3/t43-,44-,45-,46-,47+,48+,49+,50-,51-,52-,53-,54-,55-,56-,57-,58+,59-,60+,61+,62+,63+,64+,65-,66+,67-,68-,69-,70-,71-,72-,73-,74-,75-,76-,77-/m1/s1. The molecule has 0 aromatic rings. The molecule has 0 amide bonds. The van der Waals surface area contributed by atoms with Crippen molar-refractivity contribution in [2.24, 2.45) is 0 Å². The third kappa shape index (κ3) is 23.0. The molecule has 0 aromatic carbocycles. The Kier molecular flexibility index (Phi) is 41.5. The quantitative estimate of drug-likeness (QED) is 0.0625. The summed E-state index contributed by atoms with van der Waals surface area (Å²) in [5.74, 6) is 0. The Balaban J connectivity index is 1.30. The summed E-state index contributed by atoms with van der Waals surface area (Å²) in [7, 11) is 20.9. The minimum atomic E-state index is -1.30. The zero-order valence-electron chi connectivity index (χ0n) is 67.4. The van der Waals surface area contributed by atoms with Gasteiger partial charge in [0.05, 0.1) is 92.5 Å². The van der Waals surface area contributed by atoms with Crippen molar-refractivity contribution < 1.29 is 166 Å². The first kappa shape index (κ1) is 94.3. The van der Waals surface area contributed by atoms with Gasteiger partial charge in [0.15, 0.2) is 44.0 Å². The molecule has 644 valence electrons. The molecule has 0 radical (unpaired) electrons. The first-order chi connectivity index (χ1) is 54.7. The summed E-state index contributed by atoms with van der Waals surface area (Å²) in [5.41, 5.74) is 0. The van der Waals surface area contributed by atoms with Gasteiger partial charge in [0, 0.05) is 99.5 Å². The predicted molar refractivity (Wildman–Crippen MR) is 393 cm³/mol. The molecule has 0 unspecified atom stereocenters. The molecule has 0 spiro atoms. The summed E-state index contributed by atoms with van der Waals surface area (Å²) >= 11 is 0. The second-order valence-corrected chi connectivity index (χ2v) is 27.1. The molecule has 14 bridgehead atoms. The SMILES string of the molecule is C=CCOC[C@@H]1O[C@@H]2O[C@H]3[C@H](OC)[C@@H](OC)[C@@H](O[C@H]4[C@@H](OC)[C@@H](OC)[C@@H](O[C@H]5[C@@H](OC)[C@H](OC)[C@@H](O[C@H]6[C@H](OC)[C@H](OC)[C@@H](O[C@H]7[C@H](OC)[C@@H](OC)[C@@H](O[C@H]8[C@H](OC)[C@@H](OC)[C@@H](O[C@H]1[C@H](OC)[C@H]2OC)O[C@H]8COCC=C)O[C@@H]7COCC=C)O[C@@H]6COCC=C)O[C@@H]5COCC=C)O[C@@H]4COCC=C)O[C@H]3COCC=C. The fraction of sp³-hybridized carbons (Fsp3) is 0.818. The van der Waals surface area contributed by atoms with Crippen LogP contribution in [0.4, 0.5) is 0 Å². The molecule has 21 fully saturated rings. The molecule has 35 heteroatoms. The summed E-state index contributed by atoms with van der Waals surface area (Å²) < 4.78 is 232. The van der Waals surface area contributed by atoms with Gasteiger partial charge in [0.2, 0.25) is 0 Å². The maximum absolute atomic E-state index is 7.18. The Morgan fingerprint density at radius 3 is 0.366 bits per heavy atom. The predicted octanol–water partition coefficient (Wildman–Crippen LogP) is 2.40. The van der Waals surface area contributed by atoms with E-state index in [9.17, 15) is 0 Å². The number of hydrogen-bond donors (Lipinski definition) is 0. The fourth-order valence-electron chi connectivity index (χ4n) is 15.6. The van der Waals surface area contributed by atoms with Crippen LogP contribution < -0.4 is 0 Å². The van der Waals surface area contributed by atoms with Crippen LogP contribution in [0.15, 0.2) is 88.6 Å². The number of ether oxygens (including phenoxy) is 35. The van der Waals surface area contributed by atoms with Crippen molar-refractivity contribution in [3.63, 3.8) is 0 Å². The van der Waals surface area contributed by atoms with Crippen LogP contribution in [0.25, 0.3) is 0 Å². The smallest absolute Gasteiger partial charge is 0.187 e. The minimum Gasteiger partial charge on any atom is -0.376 e. The molecule has 112 heavy (non-hydrogen) atoms. The highest BCUT2D eigenvalue weighted by molar-refractivity contribution is 5.05. The molecule has 21 aliphatic rings.